The van der Waals surface area contributed by atoms with E-state index in [-0.39, 0.29) is 19.0 Å². The zero-order valence-electron chi connectivity index (χ0n) is 10.5. The van der Waals surface area contributed by atoms with E-state index in [1.54, 1.807) is 24.3 Å². The summed E-state index contributed by atoms with van der Waals surface area (Å²) in [6.45, 7) is 0.178. The fourth-order valence-electron chi connectivity index (χ4n) is 1.63. The first kappa shape index (κ1) is 14.0. The molecule has 0 bridgehead atoms. The summed E-state index contributed by atoms with van der Waals surface area (Å²) in [6, 6.07) is 10.5. The maximum atomic E-state index is 13.4. The molecule has 0 amide bonds. The number of halogens is 1. The van der Waals surface area contributed by atoms with E-state index in [0.717, 1.165) is 23.3 Å². The second kappa shape index (κ2) is 6.12. The van der Waals surface area contributed by atoms with E-state index >= 15 is 0 Å². The lowest BCUT2D eigenvalue weighted by molar-refractivity contribution is -0.387. The van der Waals surface area contributed by atoms with Gasteiger partial charge in [-0.3, -0.25) is 10.1 Å². The molecule has 0 spiro atoms. The fraction of sp³-hybridized carbons (Fsp3) is 0.143. The highest BCUT2D eigenvalue weighted by molar-refractivity contribution is 5.38. The number of aliphatic hydroxyl groups is 1. The minimum Gasteiger partial charge on any atom is -0.489 e. The molecule has 1 N–H and O–H groups in total. The van der Waals surface area contributed by atoms with E-state index in [1.807, 2.05) is 0 Å². The molecule has 2 aromatic rings. The van der Waals surface area contributed by atoms with Crippen LogP contribution in [0.15, 0.2) is 42.5 Å². The van der Waals surface area contributed by atoms with Gasteiger partial charge in [-0.05, 0) is 17.2 Å². The lowest BCUT2D eigenvalue weighted by atomic mass is 10.1. The Labute approximate surface area is 114 Å². The number of benzene rings is 2. The lowest BCUT2D eigenvalue weighted by Gasteiger charge is -2.07. The molecule has 0 aliphatic heterocycles. The van der Waals surface area contributed by atoms with Crippen LogP contribution in [0.1, 0.15) is 11.1 Å². The number of aliphatic hydroxyl groups excluding tert-OH is 1. The standard InChI is InChI=1S/C14H12FNO4/c15-13-7-12(5-6-14(13)16(18)19)20-9-11-3-1-10(8-17)2-4-11/h1-7,17H,8-9H2. The van der Waals surface area contributed by atoms with Gasteiger partial charge in [0.25, 0.3) is 0 Å². The van der Waals surface area contributed by atoms with Gasteiger partial charge in [0.05, 0.1) is 11.5 Å². The average Bonchev–Trinajstić information content (AvgIpc) is 2.45. The molecule has 5 nitrogen and oxygen atoms in total. The highest BCUT2D eigenvalue weighted by Crippen LogP contribution is 2.23. The molecule has 20 heavy (non-hydrogen) atoms. The van der Waals surface area contributed by atoms with Gasteiger partial charge < -0.3 is 9.84 Å². The molecule has 0 aromatic heterocycles. The molecule has 0 heterocycles. The van der Waals surface area contributed by atoms with Crippen molar-refractivity contribution < 1.29 is 19.2 Å². The van der Waals surface area contributed by atoms with Gasteiger partial charge >= 0.3 is 5.69 Å². The van der Waals surface area contributed by atoms with E-state index in [2.05, 4.69) is 0 Å². The highest BCUT2D eigenvalue weighted by atomic mass is 19.1. The monoisotopic (exact) mass is 277 g/mol. The second-order valence-corrected chi connectivity index (χ2v) is 4.13. The third-order valence-electron chi connectivity index (χ3n) is 2.73. The van der Waals surface area contributed by atoms with Crippen LogP contribution in [0.2, 0.25) is 0 Å². The number of nitrogens with zero attached hydrogens (tertiary/aromatic N) is 1. The molecule has 0 fully saturated rings. The van der Waals surface area contributed by atoms with E-state index in [9.17, 15) is 14.5 Å². The van der Waals surface area contributed by atoms with E-state index in [0.29, 0.717) is 0 Å². The summed E-state index contributed by atoms with van der Waals surface area (Å²) in [4.78, 5) is 9.69. The predicted molar refractivity (Wildman–Crippen MR) is 69.8 cm³/mol. The molecular formula is C14H12FNO4. The van der Waals surface area contributed by atoms with Gasteiger partial charge in [-0.2, -0.15) is 4.39 Å². The Morgan fingerprint density at radius 3 is 2.35 bits per heavy atom. The average molecular weight is 277 g/mol. The van der Waals surface area contributed by atoms with Crippen molar-refractivity contribution in [3.05, 3.63) is 69.5 Å². The third-order valence-corrected chi connectivity index (χ3v) is 2.73. The number of nitro benzene ring substituents is 1. The van der Waals surface area contributed by atoms with Crippen LogP contribution in [0.5, 0.6) is 5.75 Å². The van der Waals surface area contributed by atoms with Gasteiger partial charge in [0.2, 0.25) is 5.82 Å². The van der Waals surface area contributed by atoms with Crippen molar-refractivity contribution in [2.75, 3.05) is 0 Å². The van der Waals surface area contributed by atoms with Crippen molar-refractivity contribution in [2.24, 2.45) is 0 Å². The Hall–Kier alpha value is -2.47. The van der Waals surface area contributed by atoms with Gasteiger partial charge in [-0.15, -0.1) is 0 Å². The molecule has 6 heteroatoms. The lowest BCUT2D eigenvalue weighted by Crippen LogP contribution is -1.98. The Bertz CT molecular complexity index is 613. The number of ether oxygens (including phenoxy) is 1. The van der Waals surface area contributed by atoms with Gasteiger partial charge in [-0.25, -0.2) is 0 Å². The fourth-order valence-corrected chi connectivity index (χ4v) is 1.63. The largest absolute Gasteiger partial charge is 0.489 e. The minimum atomic E-state index is -0.928. The maximum absolute atomic E-state index is 13.4. The SMILES string of the molecule is O=[N+]([O-])c1ccc(OCc2ccc(CO)cc2)cc1F. The summed E-state index contributed by atoms with van der Waals surface area (Å²) in [5.41, 5.74) is 1.06. The van der Waals surface area contributed by atoms with Crippen LogP contribution < -0.4 is 4.74 Å². The van der Waals surface area contributed by atoms with E-state index < -0.39 is 16.4 Å². The molecule has 0 atom stereocenters. The molecule has 0 unspecified atom stereocenters. The first-order valence-corrected chi connectivity index (χ1v) is 5.85. The summed E-state index contributed by atoms with van der Waals surface area (Å²) in [7, 11) is 0. The number of rotatable bonds is 5. The summed E-state index contributed by atoms with van der Waals surface area (Å²) in [5, 5.41) is 19.4. The Morgan fingerprint density at radius 1 is 1.15 bits per heavy atom. The van der Waals surface area contributed by atoms with Crippen LogP contribution in [0.4, 0.5) is 10.1 Å². The third kappa shape index (κ3) is 3.30. The maximum Gasteiger partial charge on any atom is 0.305 e. The number of hydrogen-bond donors (Lipinski definition) is 1. The van der Waals surface area contributed by atoms with Crippen LogP contribution in [-0.2, 0) is 13.2 Å². The van der Waals surface area contributed by atoms with Crippen molar-refractivity contribution >= 4 is 5.69 Å². The normalized spacial score (nSPS) is 10.3. The minimum absolute atomic E-state index is 0.0330. The quantitative estimate of drug-likeness (QED) is 0.673. The van der Waals surface area contributed by atoms with Crippen molar-refractivity contribution in [1.29, 1.82) is 0 Å². The Balaban J connectivity index is 2.03. The second-order valence-electron chi connectivity index (χ2n) is 4.13. The van der Waals surface area contributed by atoms with Crippen molar-refractivity contribution in [3.8, 4) is 5.75 Å². The molecule has 0 aliphatic carbocycles. The molecule has 104 valence electrons. The van der Waals surface area contributed by atoms with Gasteiger partial charge in [0.1, 0.15) is 12.4 Å². The summed E-state index contributed by atoms with van der Waals surface area (Å²) < 4.78 is 18.7. The van der Waals surface area contributed by atoms with Crippen molar-refractivity contribution in [2.45, 2.75) is 13.2 Å². The summed E-state index contributed by atoms with van der Waals surface area (Å²) in [6.07, 6.45) is 0. The Morgan fingerprint density at radius 2 is 1.80 bits per heavy atom. The van der Waals surface area contributed by atoms with Crippen LogP contribution in [0, 0.1) is 15.9 Å². The molecule has 0 aliphatic rings. The molecule has 2 rings (SSSR count). The predicted octanol–water partition coefficient (Wildman–Crippen LogP) is 2.81. The summed E-state index contributed by atoms with van der Waals surface area (Å²) in [5.74, 6) is -0.706. The van der Waals surface area contributed by atoms with E-state index in [1.165, 1.54) is 6.07 Å². The van der Waals surface area contributed by atoms with Crippen molar-refractivity contribution in [3.63, 3.8) is 0 Å². The molecule has 2 aromatic carbocycles. The van der Waals surface area contributed by atoms with Gasteiger partial charge in [0.15, 0.2) is 0 Å². The van der Waals surface area contributed by atoms with E-state index in [4.69, 9.17) is 9.84 Å². The Kier molecular flexibility index (Phi) is 4.27. The number of nitro groups is 1. The van der Waals surface area contributed by atoms with Gasteiger partial charge in [0, 0.05) is 12.1 Å². The first-order valence-electron chi connectivity index (χ1n) is 5.85. The molecule has 0 saturated heterocycles. The highest BCUT2D eigenvalue weighted by Gasteiger charge is 2.14. The van der Waals surface area contributed by atoms with Crippen LogP contribution in [0.3, 0.4) is 0 Å². The smallest absolute Gasteiger partial charge is 0.305 e. The zero-order chi connectivity index (χ0) is 14.5. The number of hydrogen-bond acceptors (Lipinski definition) is 4. The van der Waals surface area contributed by atoms with Crippen LogP contribution in [-0.4, -0.2) is 10.0 Å². The zero-order valence-corrected chi connectivity index (χ0v) is 10.5. The van der Waals surface area contributed by atoms with Crippen LogP contribution in [0.25, 0.3) is 0 Å². The molecular weight excluding hydrogens is 265 g/mol. The van der Waals surface area contributed by atoms with Crippen molar-refractivity contribution in [1.82, 2.24) is 0 Å². The van der Waals surface area contributed by atoms with Crippen LogP contribution >= 0.6 is 0 Å². The summed E-state index contributed by atoms with van der Waals surface area (Å²) >= 11 is 0. The van der Waals surface area contributed by atoms with Gasteiger partial charge in [-0.1, -0.05) is 24.3 Å². The first-order chi connectivity index (χ1) is 9.60. The topological polar surface area (TPSA) is 72.6 Å². The molecule has 0 saturated carbocycles. The molecule has 0 radical (unpaired) electrons.